The summed E-state index contributed by atoms with van der Waals surface area (Å²) in [5.41, 5.74) is 2.77. The van der Waals surface area contributed by atoms with Crippen LogP contribution in [0.25, 0.3) is 16.2 Å². The second kappa shape index (κ2) is 8.32. The van der Waals surface area contributed by atoms with Crippen LogP contribution in [0.4, 0.5) is 0 Å². The molecule has 1 fully saturated rings. The molecule has 3 aromatic rings. The van der Waals surface area contributed by atoms with Crippen LogP contribution in [-0.2, 0) is 16.0 Å². The molecule has 4 rings (SSSR count). The average molecular weight is 417 g/mol. The predicted octanol–water partition coefficient (Wildman–Crippen LogP) is 3.39. The molecule has 0 aliphatic carbocycles. The van der Waals surface area contributed by atoms with Gasteiger partial charge in [0, 0.05) is 53.9 Å². The molecule has 0 atom stereocenters. The van der Waals surface area contributed by atoms with Crippen molar-refractivity contribution in [2.24, 2.45) is 0 Å². The first-order valence-electron chi connectivity index (χ1n) is 9.36. The Hall–Kier alpha value is -2.38. The molecule has 0 bridgehead atoms. The third-order valence-electron chi connectivity index (χ3n) is 4.86. The van der Waals surface area contributed by atoms with Gasteiger partial charge in [-0.15, -0.1) is 11.3 Å². The molecule has 1 aliphatic heterocycles. The Balaban J connectivity index is 1.33. The van der Waals surface area contributed by atoms with Crippen LogP contribution in [0.5, 0.6) is 0 Å². The molecule has 0 spiro atoms. The van der Waals surface area contributed by atoms with Crippen LogP contribution in [0.2, 0.25) is 5.02 Å². The summed E-state index contributed by atoms with van der Waals surface area (Å²) in [6, 6.07) is 7.56. The van der Waals surface area contributed by atoms with Gasteiger partial charge >= 0.3 is 0 Å². The van der Waals surface area contributed by atoms with Crippen LogP contribution in [0.15, 0.2) is 35.8 Å². The van der Waals surface area contributed by atoms with Crippen molar-refractivity contribution >= 4 is 39.7 Å². The van der Waals surface area contributed by atoms with Crippen LogP contribution in [0, 0.1) is 0 Å². The third kappa shape index (κ3) is 4.20. The minimum atomic E-state index is -0.0193. The highest BCUT2D eigenvalue weighted by Gasteiger charge is 2.19. The molecule has 1 aliphatic rings. The standard InChI is InChI=1S/C20H21ClN4O2S/c21-15-6-4-14(5-7-15)17-12-25-16(13-28-20(25)23-17)11-18(26)22-8-2-10-24-9-1-3-19(24)27/h4-7,12-13H,1-3,8-11H2,(H,22,26). The molecular weight excluding hydrogens is 396 g/mol. The minimum Gasteiger partial charge on any atom is -0.356 e. The summed E-state index contributed by atoms with van der Waals surface area (Å²) in [5, 5.41) is 5.61. The number of nitrogens with zero attached hydrogens (tertiary/aromatic N) is 3. The third-order valence-corrected chi connectivity index (χ3v) is 6.00. The normalized spacial score (nSPS) is 14.2. The zero-order valence-electron chi connectivity index (χ0n) is 15.4. The van der Waals surface area contributed by atoms with Gasteiger partial charge in [-0.2, -0.15) is 0 Å². The van der Waals surface area contributed by atoms with Crippen molar-refractivity contribution in [2.45, 2.75) is 25.7 Å². The molecule has 1 saturated heterocycles. The van der Waals surface area contributed by atoms with E-state index in [-0.39, 0.29) is 11.8 Å². The number of carbonyl (C=O) groups is 2. The van der Waals surface area contributed by atoms with Crippen molar-refractivity contribution in [2.75, 3.05) is 19.6 Å². The van der Waals surface area contributed by atoms with Crippen molar-refractivity contribution in [3.8, 4) is 11.3 Å². The van der Waals surface area contributed by atoms with Crippen LogP contribution >= 0.6 is 22.9 Å². The van der Waals surface area contributed by atoms with Crippen LogP contribution in [0.1, 0.15) is 25.0 Å². The van der Waals surface area contributed by atoms with Gasteiger partial charge in [-0.3, -0.25) is 14.0 Å². The molecule has 3 heterocycles. The van der Waals surface area contributed by atoms with E-state index in [1.807, 2.05) is 45.1 Å². The number of carbonyl (C=O) groups excluding carboxylic acids is 2. The van der Waals surface area contributed by atoms with Gasteiger partial charge in [0.1, 0.15) is 0 Å². The Labute approximate surface area is 172 Å². The van der Waals surface area contributed by atoms with Gasteiger partial charge in [0.25, 0.3) is 0 Å². The lowest BCUT2D eigenvalue weighted by Gasteiger charge is -2.15. The number of halogens is 1. The monoisotopic (exact) mass is 416 g/mol. The Morgan fingerprint density at radius 1 is 1.29 bits per heavy atom. The van der Waals surface area contributed by atoms with E-state index in [4.69, 9.17) is 11.6 Å². The maximum Gasteiger partial charge on any atom is 0.225 e. The van der Waals surface area contributed by atoms with Crippen molar-refractivity contribution in [3.63, 3.8) is 0 Å². The predicted molar refractivity (Wildman–Crippen MR) is 111 cm³/mol. The lowest BCUT2D eigenvalue weighted by atomic mass is 10.2. The molecule has 2 amide bonds. The molecule has 0 unspecified atom stereocenters. The lowest BCUT2D eigenvalue weighted by Crippen LogP contribution is -2.31. The smallest absolute Gasteiger partial charge is 0.225 e. The Kier molecular flexibility index (Phi) is 5.64. The molecule has 28 heavy (non-hydrogen) atoms. The van der Waals surface area contributed by atoms with Gasteiger partial charge < -0.3 is 10.2 Å². The number of nitrogens with one attached hydrogen (secondary N) is 1. The fraction of sp³-hybridized carbons (Fsp3) is 0.350. The van der Waals surface area contributed by atoms with Crippen LogP contribution in [-0.4, -0.2) is 45.7 Å². The fourth-order valence-corrected chi connectivity index (χ4v) is 4.38. The lowest BCUT2D eigenvalue weighted by molar-refractivity contribution is -0.127. The van der Waals surface area contributed by atoms with E-state index in [0.29, 0.717) is 31.0 Å². The number of aromatic nitrogens is 2. The fourth-order valence-electron chi connectivity index (χ4n) is 3.38. The topological polar surface area (TPSA) is 66.7 Å². The first-order chi connectivity index (χ1) is 13.6. The molecule has 0 saturated carbocycles. The Morgan fingerprint density at radius 3 is 2.86 bits per heavy atom. The maximum atomic E-state index is 12.3. The Bertz CT molecular complexity index is 995. The molecule has 1 N–H and O–H groups in total. The summed E-state index contributed by atoms with van der Waals surface area (Å²) in [5.74, 6) is 0.206. The van der Waals surface area contributed by atoms with Crippen LogP contribution < -0.4 is 5.32 Å². The van der Waals surface area contributed by atoms with Gasteiger partial charge in [-0.1, -0.05) is 23.7 Å². The summed E-state index contributed by atoms with van der Waals surface area (Å²) in [4.78, 5) is 31.2. The van der Waals surface area contributed by atoms with Crippen molar-refractivity contribution in [3.05, 3.63) is 46.6 Å². The highest BCUT2D eigenvalue weighted by atomic mass is 35.5. The zero-order valence-corrected chi connectivity index (χ0v) is 16.9. The van der Waals surface area contributed by atoms with E-state index in [1.165, 1.54) is 11.3 Å². The van der Waals surface area contributed by atoms with Gasteiger partial charge in [0.2, 0.25) is 11.8 Å². The second-order valence-corrected chi connectivity index (χ2v) is 8.15. The average Bonchev–Trinajstić information content (AvgIpc) is 3.37. The Morgan fingerprint density at radius 2 is 2.11 bits per heavy atom. The number of imidazole rings is 1. The summed E-state index contributed by atoms with van der Waals surface area (Å²) in [6.07, 6.45) is 4.64. The number of likely N-dealkylation sites (tertiary alicyclic amines) is 1. The van der Waals surface area contributed by atoms with Gasteiger partial charge in [-0.05, 0) is 25.0 Å². The molecule has 1 aromatic carbocycles. The summed E-state index contributed by atoms with van der Waals surface area (Å²) < 4.78 is 1.97. The van der Waals surface area contributed by atoms with Crippen molar-refractivity contribution < 1.29 is 9.59 Å². The summed E-state index contributed by atoms with van der Waals surface area (Å²) >= 11 is 7.47. The zero-order chi connectivity index (χ0) is 19.5. The number of amides is 2. The van der Waals surface area contributed by atoms with E-state index in [9.17, 15) is 9.59 Å². The van der Waals surface area contributed by atoms with Crippen molar-refractivity contribution in [1.82, 2.24) is 19.6 Å². The largest absolute Gasteiger partial charge is 0.356 e. The number of hydrogen-bond acceptors (Lipinski definition) is 4. The number of thiazole rings is 1. The highest BCUT2D eigenvalue weighted by molar-refractivity contribution is 7.15. The quantitative estimate of drug-likeness (QED) is 0.600. The van der Waals surface area contributed by atoms with E-state index in [1.54, 1.807) is 0 Å². The van der Waals surface area contributed by atoms with Crippen LogP contribution in [0.3, 0.4) is 0 Å². The second-order valence-electron chi connectivity index (χ2n) is 6.88. The molecule has 0 radical (unpaired) electrons. The number of rotatable bonds is 7. The molecular formula is C20H21ClN4O2S. The molecule has 146 valence electrons. The molecule has 2 aromatic heterocycles. The first kappa shape index (κ1) is 19.0. The van der Waals surface area contributed by atoms with Crippen molar-refractivity contribution in [1.29, 1.82) is 0 Å². The van der Waals surface area contributed by atoms with Gasteiger partial charge in [-0.25, -0.2) is 4.98 Å². The maximum absolute atomic E-state index is 12.3. The van der Waals surface area contributed by atoms with E-state index in [2.05, 4.69) is 10.3 Å². The van der Waals surface area contributed by atoms with E-state index >= 15 is 0 Å². The first-order valence-corrected chi connectivity index (χ1v) is 10.6. The SMILES string of the molecule is O=C(Cc1csc2nc(-c3ccc(Cl)cc3)cn12)NCCCN1CCCC1=O. The molecule has 8 heteroatoms. The van der Waals surface area contributed by atoms with E-state index in [0.717, 1.165) is 41.3 Å². The summed E-state index contributed by atoms with van der Waals surface area (Å²) in [7, 11) is 0. The van der Waals surface area contributed by atoms with Gasteiger partial charge in [0.15, 0.2) is 4.96 Å². The number of fused-ring (bicyclic) bond motifs is 1. The number of benzene rings is 1. The highest BCUT2D eigenvalue weighted by Crippen LogP contribution is 2.25. The van der Waals surface area contributed by atoms with Gasteiger partial charge in [0.05, 0.1) is 12.1 Å². The van der Waals surface area contributed by atoms with E-state index < -0.39 is 0 Å². The number of hydrogen-bond donors (Lipinski definition) is 1. The summed E-state index contributed by atoms with van der Waals surface area (Å²) in [6.45, 7) is 2.14. The minimum absolute atomic E-state index is 0.0193. The molecule has 6 nitrogen and oxygen atoms in total.